The van der Waals surface area contributed by atoms with Gasteiger partial charge >= 0.3 is 5.97 Å². The Kier molecular flexibility index (Phi) is 5.18. The fourth-order valence-corrected chi connectivity index (χ4v) is 2.60. The Labute approximate surface area is 145 Å². The normalized spacial score (nSPS) is 16.6. The molecule has 0 radical (unpaired) electrons. The standard InChI is InChI=1S/C19H19NO5/c1-23-19(22)14(11-13-7-3-2-4-8-13)20-18(21)17-12-24-15-9-5-6-10-16(15)25-17/h2-10,14,17H,11-12H2,1H3,(H,20,21)/t14-,17+/m0/s1. The first-order valence-electron chi connectivity index (χ1n) is 7.98. The van der Waals surface area contributed by atoms with Gasteiger partial charge in [0.25, 0.3) is 5.91 Å². The van der Waals surface area contributed by atoms with E-state index in [2.05, 4.69) is 5.32 Å². The Bertz CT molecular complexity index is 746. The Morgan fingerprint density at radius 1 is 1.12 bits per heavy atom. The summed E-state index contributed by atoms with van der Waals surface area (Å²) >= 11 is 0. The molecule has 1 heterocycles. The molecular formula is C19H19NO5. The predicted molar refractivity (Wildman–Crippen MR) is 90.4 cm³/mol. The van der Waals surface area contributed by atoms with Crippen molar-refractivity contribution in [3.63, 3.8) is 0 Å². The summed E-state index contributed by atoms with van der Waals surface area (Å²) < 4.78 is 16.0. The molecule has 130 valence electrons. The molecule has 1 aliphatic rings. The van der Waals surface area contributed by atoms with Crippen LogP contribution in [-0.2, 0) is 20.7 Å². The van der Waals surface area contributed by atoms with E-state index in [-0.39, 0.29) is 6.61 Å². The van der Waals surface area contributed by atoms with Crippen LogP contribution in [0.4, 0.5) is 0 Å². The Morgan fingerprint density at radius 3 is 2.52 bits per heavy atom. The van der Waals surface area contributed by atoms with E-state index in [1.165, 1.54) is 7.11 Å². The second-order valence-corrected chi connectivity index (χ2v) is 5.64. The lowest BCUT2D eigenvalue weighted by molar-refractivity contribution is -0.146. The number of hydrogen-bond donors (Lipinski definition) is 1. The lowest BCUT2D eigenvalue weighted by Gasteiger charge is -2.27. The molecule has 1 amide bonds. The van der Waals surface area contributed by atoms with E-state index < -0.39 is 24.0 Å². The molecule has 2 atom stereocenters. The first-order valence-corrected chi connectivity index (χ1v) is 7.98. The number of hydrogen-bond acceptors (Lipinski definition) is 5. The number of para-hydroxylation sites is 2. The molecule has 0 saturated heterocycles. The predicted octanol–water partition coefficient (Wildman–Crippen LogP) is 1.73. The monoisotopic (exact) mass is 341 g/mol. The Balaban J connectivity index is 1.67. The summed E-state index contributed by atoms with van der Waals surface area (Å²) in [5.74, 6) is 0.182. The van der Waals surface area contributed by atoms with Gasteiger partial charge in [-0.25, -0.2) is 4.79 Å². The molecular weight excluding hydrogens is 322 g/mol. The summed E-state index contributed by atoms with van der Waals surface area (Å²) in [7, 11) is 1.29. The summed E-state index contributed by atoms with van der Waals surface area (Å²) in [6.07, 6.45) is -0.485. The maximum absolute atomic E-state index is 12.5. The minimum Gasteiger partial charge on any atom is -0.485 e. The minimum absolute atomic E-state index is 0.0854. The van der Waals surface area contributed by atoms with Crippen LogP contribution in [0.2, 0.25) is 0 Å². The number of rotatable bonds is 5. The van der Waals surface area contributed by atoms with Crippen LogP contribution >= 0.6 is 0 Å². The third-order valence-electron chi connectivity index (χ3n) is 3.89. The summed E-state index contributed by atoms with van der Waals surface area (Å²) in [6.45, 7) is 0.0854. The quantitative estimate of drug-likeness (QED) is 0.839. The number of nitrogens with one attached hydrogen (secondary N) is 1. The van der Waals surface area contributed by atoms with Gasteiger partial charge in [0.15, 0.2) is 11.5 Å². The highest BCUT2D eigenvalue weighted by Gasteiger charge is 2.31. The molecule has 0 bridgehead atoms. The Morgan fingerprint density at radius 2 is 1.80 bits per heavy atom. The van der Waals surface area contributed by atoms with Crippen molar-refractivity contribution in [2.45, 2.75) is 18.6 Å². The van der Waals surface area contributed by atoms with Gasteiger partial charge in [0, 0.05) is 6.42 Å². The second-order valence-electron chi connectivity index (χ2n) is 5.64. The zero-order valence-corrected chi connectivity index (χ0v) is 13.8. The number of carbonyl (C=O) groups excluding carboxylic acids is 2. The van der Waals surface area contributed by atoms with Crippen LogP contribution < -0.4 is 14.8 Å². The molecule has 6 nitrogen and oxygen atoms in total. The lowest BCUT2D eigenvalue weighted by atomic mass is 10.1. The number of benzene rings is 2. The topological polar surface area (TPSA) is 73.9 Å². The van der Waals surface area contributed by atoms with Gasteiger partial charge in [-0.05, 0) is 17.7 Å². The summed E-state index contributed by atoms with van der Waals surface area (Å²) in [5, 5.41) is 2.70. The number of methoxy groups -OCH3 is 1. The van der Waals surface area contributed by atoms with E-state index in [1.807, 2.05) is 36.4 Å². The Hall–Kier alpha value is -3.02. The van der Waals surface area contributed by atoms with Crippen molar-refractivity contribution in [2.75, 3.05) is 13.7 Å². The third-order valence-corrected chi connectivity index (χ3v) is 3.89. The SMILES string of the molecule is COC(=O)[C@H](Cc1ccccc1)NC(=O)[C@H]1COc2ccccc2O1. The van der Waals surface area contributed by atoms with E-state index in [0.29, 0.717) is 17.9 Å². The molecule has 2 aromatic carbocycles. The van der Waals surface area contributed by atoms with Crippen LogP contribution in [0.5, 0.6) is 11.5 Å². The molecule has 0 fully saturated rings. The molecule has 1 aliphatic heterocycles. The van der Waals surface area contributed by atoms with Crippen LogP contribution in [0.25, 0.3) is 0 Å². The summed E-state index contributed by atoms with van der Waals surface area (Å²) in [5.41, 5.74) is 0.921. The van der Waals surface area contributed by atoms with Crippen LogP contribution in [-0.4, -0.2) is 37.7 Å². The first kappa shape index (κ1) is 16.8. The molecule has 0 spiro atoms. The lowest BCUT2D eigenvalue weighted by Crippen LogP contribution is -2.51. The van der Waals surface area contributed by atoms with E-state index in [9.17, 15) is 9.59 Å². The van der Waals surface area contributed by atoms with Crippen molar-refractivity contribution in [2.24, 2.45) is 0 Å². The average Bonchev–Trinajstić information content (AvgIpc) is 2.67. The van der Waals surface area contributed by atoms with E-state index in [0.717, 1.165) is 5.56 Å². The summed E-state index contributed by atoms with van der Waals surface area (Å²) in [4.78, 5) is 24.5. The largest absolute Gasteiger partial charge is 0.485 e. The van der Waals surface area contributed by atoms with Crippen molar-refractivity contribution in [3.8, 4) is 11.5 Å². The van der Waals surface area contributed by atoms with Crippen LogP contribution in [0.1, 0.15) is 5.56 Å². The highest BCUT2D eigenvalue weighted by atomic mass is 16.6. The highest BCUT2D eigenvalue weighted by Crippen LogP contribution is 2.30. The van der Waals surface area contributed by atoms with Gasteiger partial charge in [0.2, 0.25) is 6.10 Å². The van der Waals surface area contributed by atoms with Crippen molar-refractivity contribution < 1.29 is 23.8 Å². The number of carbonyl (C=O) groups is 2. The molecule has 6 heteroatoms. The van der Waals surface area contributed by atoms with Crippen LogP contribution in [0, 0.1) is 0 Å². The van der Waals surface area contributed by atoms with Crippen molar-refractivity contribution in [1.82, 2.24) is 5.32 Å². The van der Waals surface area contributed by atoms with Crippen molar-refractivity contribution in [3.05, 3.63) is 60.2 Å². The fraction of sp³-hybridized carbons (Fsp3) is 0.263. The van der Waals surface area contributed by atoms with E-state index >= 15 is 0 Å². The van der Waals surface area contributed by atoms with Gasteiger partial charge in [0.1, 0.15) is 12.6 Å². The minimum atomic E-state index is -0.821. The van der Waals surface area contributed by atoms with E-state index in [4.69, 9.17) is 14.2 Å². The molecule has 0 unspecified atom stereocenters. The number of ether oxygens (including phenoxy) is 3. The van der Waals surface area contributed by atoms with Crippen molar-refractivity contribution >= 4 is 11.9 Å². The van der Waals surface area contributed by atoms with Gasteiger partial charge in [0.05, 0.1) is 7.11 Å². The highest BCUT2D eigenvalue weighted by molar-refractivity contribution is 5.87. The maximum atomic E-state index is 12.5. The van der Waals surface area contributed by atoms with Crippen molar-refractivity contribution in [1.29, 1.82) is 0 Å². The van der Waals surface area contributed by atoms with Crippen LogP contribution in [0.15, 0.2) is 54.6 Å². The number of esters is 1. The fourth-order valence-electron chi connectivity index (χ4n) is 2.60. The van der Waals surface area contributed by atoms with E-state index in [1.54, 1.807) is 18.2 Å². The smallest absolute Gasteiger partial charge is 0.328 e. The molecule has 0 saturated carbocycles. The van der Waals surface area contributed by atoms with Gasteiger partial charge in [-0.15, -0.1) is 0 Å². The van der Waals surface area contributed by atoms with Gasteiger partial charge < -0.3 is 19.5 Å². The zero-order valence-electron chi connectivity index (χ0n) is 13.8. The number of amides is 1. The molecule has 0 aliphatic carbocycles. The zero-order chi connectivity index (χ0) is 17.6. The van der Waals surface area contributed by atoms with Crippen LogP contribution in [0.3, 0.4) is 0 Å². The maximum Gasteiger partial charge on any atom is 0.328 e. The number of fused-ring (bicyclic) bond motifs is 1. The molecule has 25 heavy (non-hydrogen) atoms. The van der Waals surface area contributed by atoms with Gasteiger partial charge in [-0.1, -0.05) is 42.5 Å². The molecule has 1 N–H and O–H groups in total. The second kappa shape index (κ2) is 7.70. The van der Waals surface area contributed by atoms with Gasteiger partial charge in [-0.2, -0.15) is 0 Å². The third kappa shape index (κ3) is 4.09. The molecule has 3 rings (SSSR count). The summed E-state index contributed by atoms with van der Waals surface area (Å²) in [6, 6.07) is 15.8. The molecule has 2 aromatic rings. The average molecular weight is 341 g/mol. The molecule has 0 aromatic heterocycles. The van der Waals surface area contributed by atoms with Gasteiger partial charge in [-0.3, -0.25) is 4.79 Å². The first-order chi connectivity index (χ1) is 12.2.